The number of rotatable bonds is 4. The maximum Gasteiger partial charge on any atom is 0.413 e. The van der Waals surface area contributed by atoms with E-state index in [2.05, 4.69) is 10.1 Å². The predicted molar refractivity (Wildman–Crippen MR) is 78.0 cm³/mol. The highest BCUT2D eigenvalue weighted by molar-refractivity contribution is 6.35. The summed E-state index contributed by atoms with van der Waals surface area (Å²) < 4.78 is 17.8. The van der Waals surface area contributed by atoms with E-state index in [0.717, 1.165) is 7.11 Å². The Bertz CT molecular complexity index is 554. The highest BCUT2D eigenvalue weighted by Gasteiger charge is 2.20. The second kappa shape index (κ2) is 7.59. The smallest absolute Gasteiger partial charge is 0.413 e. The Morgan fingerprint density at radius 3 is 2.43 bits per heavy atom. The Morgan fingerprint density at radius 2 is 1.86 bits per heavy atom. The summed E-state index contributed by atoms with van der Waals surface area (Å²) in [5, 5.41) is 5.13. The van der Waals surface area contributed by atoms with Crippen molar-refractivity contribution >= 4 is 35.2 Å². The number of alkyl carbamates (subject to hydrolysis) is 1. The lowest BCUT2D eigenvalue weighted by Gasteiger charge is -2.20. The van der Waals surface area contributed by atoms with Gasteiger partial charge in [0.05, 0.1) is 18.2 Å². The Labute approximate surface area is 131 Å². The molecule has 116 valence electrons. The maximum absolute atomic E-state index is 13.5. The van der Waals surface area contributed by atoms with Crippen LogP contribution >= 0.6 is 23.2 Å². The largest absolute Gasteiger partial charge is 0.453 e. The molecule has 2 atom stereocenters. The lowest BCUT2D eigenvalue weighted by atomic mass is 10.1. The van der Waals surface area contributed by atoms with Crippen LogP contribution in [-0.4, -0.2) is 25.2 Å². The number of halogens is 3. The molecule has 0 aliphatic carbocycles. The molecule has 0 saturated carbocycles. The molecule has 1 aromatic rings. The van der Waals surface area contributed by atoms with Crippen molar-refractivity contribution in [1.29, 1.82) is 0 Å². The summed E-state index contributed by atoms with van der Waals surface area (Å²) in [6.45, 7) is 3.26. The van der Waals surface area contributed by atoms with Gasteiger partial charge in [0.2, 0.25) is 5.91 Å². The summed E-state index contributed by atoms with van der Waals surface area (Å²) in [5.74, 6) is -1.17. The summed E-state index contributed by atoms with van der Waals surface area (Å²) in [6.07, 6.45) is -0.850. The third-order valence-corrected chi connectivity index (χ3v) is 3.43. The molecule has 21 heavy (non-hydrogen) atoms. The topological polar surface area (TPSA) is 67.4 Å². The van der Waals surface area contributed by atoms with Crippen molar-refractivity contribution in [2.75, 3.05) is 7.11 Å². The molecule has 0 saturated heterocycles. The Balaban J connectivity index is 2.77. The van der Waals surface area contributed by atoms with E-state index >= 15 is 0 Å². The number of hydrogen-bond donors (Lipinski definition) is 2. The van der Waals surface area contributed by atoms with Crippen LogP contribution in [0.4, 0.5) is 9.18 Å². The van der Waals surface area contributed by atoms with E-state index in [4.69, 9.17) is 23.2 Å². The van der Waals surface area contributed by atoms with Gasteiger partial charge in [-0.25, -0.2) is 9.18 Å². The van der Waals surface area contributed by atoms with Crippen LogP contribution < -0.4 is 10.6 Å². The molecule has 0 aliphatic heterocycles. The molecule has 0 spiro atoms. The van der Waals surface area contributed by atoms with Crippen molar-refractivity contribution in [3.8, 4) is 0 Å². The van der Waals surface area contributed by atoms with Crippen LogP contribution in [0.2, 0.25) is 10.0 Å². The molecule has 0 unspecified atom stereocenters. The fourth-order valence-electron chi connectivity index (χ4n) is 1.67. The van der Waals surface area contributed by atoms with Gasteiger partial charge < -0.3 is 4.74 Å². The number of amides is 2. The number of benzene rings is 1. The average Bonchev–Trinajstić information content (AvgIpc) is 2.42. The predicted octanol–water partition coefficient (Wildman–Crippen LogP) is 3.05. The first-order valence-electron chi connectivity index (χ1n) is 6.05. The molecular weight excluding hydrogens is 322 g/mol. The Hall–Kier alpha value is -1.37. The van der Waals surface area contributed by atoms with Gasteiger partial charge in [-0.2, -0.15) is 0 Å². The monoisotopic (exact) mass is 336 g/mol. The van der Waals surface area contributed by atoms with Gasteiger partial charge in [-0.1, -0.05) is 23.2 Å². The third kappa shape index (κ3) is 4.84. The van der Waals surface area contributed by atoms with E-state index in [1.54, 1.807) is 13.8 Å². The van der Waals surface area contributed by atoms with Gasteiger partial charge in [0, 0.05) is 11.1 Å². The second-order valence-electron chi connectivity index (χ2n) is 4.38. The molecule has 0 fully saturated rings. The van der Waals surface area contributed by atoms with E-state index < -0.39 is 29.9 Å². The van der Waals surface area contributed by atoms with Gasteiger partial charge in [-0.3, -0.25) is 15.4 Å². The molecule has 2 amide bonds. The highest BCUT2D eigenvalue weighted by Crippen LogP contribution is 2.28. The zero-order valence-corrected chi connectivity index (χ0v) is 13.2. The molecular formula is C13H15Cl2FN2O3. The molecule has 0 aromatic heterocycles. The van der Waals surface area contributed by atoms with Gasteiger partial charge in [0.25, 0.3) is 0 Å². The van der Waals surface area contributed by atoms with Gasteiger partial charge in [0.1, 0.15) is 5.82 Å². The fourth-order valence-corrected chi connectivity index (χ4v) is 2.22. The van der Waals surface area contributed by atoms with Gasteiger partial charge in [-0.15, -0.1) is 0 Å². The van der Waals surface area contributed by atoms with Crippen LogP contribution in [0.3, 0.4) is 0 Å². The average molecular weight is 337 g/mol. The minimum absolute atomic E-state index is 0.0765. The van der Waals surface area contributed by atoms with Crippen LogP contribution in [0.25, 0.3) is 0 Å². The summed E-state index contributed by atoms with van der Waals surface area (Å²) in [6, 6.07) is 1.36. The number of nitrogens with one attached hydrogen (secondary N) is 2. The molecule has 0 bridgehead atoms. The fraction of sp³-hybridized carbons (Fsp3) is 0.385. The molecule has 0 heterocycles. The van der Waals surface area contributed by atoms with E-state index in [1.807, 2.05) is 5.32 Å². The van der Waals surface area contributed by atoms with Gasteiger partial charge in [-0.05, 0) is 31.5 Å². The zero-order chi connectivity index (χ0) is 16.2. The van der Waals surface area contributed by atoms with E-state index in [0.29, 0.717) is 5.56 Å². The van der Waals surface area contributed by atoms with Crippen LogP contribution in [0, 0.1) is 5.82 Å². The quantitative estimate of drug-likeness (QED) is 0.829. The molecule has 0 aliphatic rings. The summed E-state index contributed by atoms with van der Waals surface area (Å²) in [5.41, 5.74) is 0.455. The molecule has 8 heteroatoms. The molecule has 2 N–H and O–H groups in total. The van der Waals surface area contributed by atoms with Crippen molar-refractivity contribution in [2.24, 2.45) is 0 Å². The summed E-state index contributed by atoms with van der Waals surface area (Å²) >= 11 is 11.6. The Kier molecular flexibility index (Phi) is 6.39. The zero-order valence-electron chi connectivity index (χ0n) is 11.7. The number of methoxy groups -OCH3 is 1. The highest BCUT2D eigenvalue weighted by atomic mass is 35.5. The standard InChI is InChI=1S/C13H15Cl2FN2O3/c1-6(8-4-11(16)10(15)5-9(8)14)17-7(2)12(19)18-13(20)21-3/h4-7,17H,1-3H3,(H,18,19,20)/t6-,7+/m0/s1. The van der Waals surface area contributed by atoms with Crippen molar-refractivity contribution in [3.63, 3.8) is 0 Å². The van der Waals surface area contributed by atoms with Crippen molar-refractivity contribution < 1.29 is 18.7 Å². The van der Waals surface area contributed by atoms with Gasteiger partial charge in [0.15, 0.2) is 0 Å². The van der Waals surface area contributed by atoms with E-state index in [-0.39, 0.29) is 10.0 Å². The van der Waals surface area contributed by atoms with E-state index in [1.165, 1.54) is 12.1 Å². The van der Waals surface area contributed by atoms with Crippen LogP contribution in [0.15, 0.2) is 12.1 Å². The molecule has 1 rings (SSSR count). The SMILES string of the molecule is COC(=O)NC(=O)[C@@H](C)N[C@@H](C)c1cc(F)c(Cl)cc1Cl. The van der Waals surface area contributed by atoms with Gasteiger partial charge >= 0.3 is 6.09 Å². The molecule has 1 aromatic carbocycles. The number of carbonyl (C=O) groups is 2. The number of imide groups is 1. The number of ether oxygens (including phenoxy) is 1. The van der Waals surface area contributed by atoms with Crippen molar-refractivity contribution in [1.82, 2.24) is 10.6 Å². The second-order valence-corrected chi connectivity index (χ2v) is 5.19. The van der Waals surface area contributed by atoms with Crippen molar-refractivity contribution in [2.45, 2.75) is 25.9 Å². The summed E-state index contributed by atoms with van der Waals surface area (Å²) in [7, 11) is 1.15. The molecule has 5 nitrogen and oxygen atoms in total. The van der Waals surface area contributed by atoms with Crippen LogP contribution in [0.5, 0.6) is 0 Å². The number of carbonyl (C=O) groups excluding carboxylic acids is 2. The van der Waals surface area contributed by atoms with Crippen molar-refractivity contribution in [3.05, 3.63) is 33.6 Å². The lowest BCUT2D eigenvalue weighted by Crippen LogP contribution is -2.45. The third-order valence-electron chi connectivity index (χ3n) is 2.81. The molecule has 0 radical (unpaired) electrons. The van der Waals surface area contributed by atoms with Crippen LogP contribution in [0.1, 0.15) is 25.5 Å². The maximum atomic E-state index is 13.5. The first kappa shape index (κ1) is 17.7. The van der Waals surface area contributed by atoms with Crippen LogP contribution in [-0.2, 0) is 9.53 Å². The minimum atomic E-state index is -0.850. The number of hydrogen-bond acceptors (Lipinski definition) is 4. The summed E-state index contributed by atoms with van der Waals surface area (Å²) in [4.78, 5) is 22.6. The normalized spacial score (nSPS) is 13.4. The lowest BCUT2D eigenvalue weighted by molar-refractivity contribution is -0.122. The first-order chi connectivity index (χ1) is 9.76. The Morgan fingerprint density at radius 1 is 1.24 bits per heavy atom. The van der Waals surface area contributed by atoms with E-state index in [9.17, 15) is 14.0 Å². The minimum Gasteiger partial charge on any atom is -0.453 e. The first-order valence-corrected chi connectivity index (χ1v) is 6.81.